The van der Waals surface area contributed by atoms with E-state index >= 15 is 0 Å². The van der Waals surface area contributed by atoms with Gasteiger partial charge in [-0.05, 0) is 42.0 Å². The van der Waals surface area contributed by atoms with E-state index in [9.17, 15) is 18.4 Å². The summed E-state index contributed by atoms with van der Waals surface area (Å²) in [5, 5.41) is 0. The Hall–Kier alpha value is -3.78. The Morgan fingerprint density at radius 1 is 1.00 bits per heavy atom. The number of hydrogen-bond acceptors (Lipinski definition) is 4. The molecule has 0 saturated carbocycles. The van der Waals surface area contributed by atoms with Crippen LogP contribution in [0, 0.1) is 11.6 Å². The summed E-state index contributed by atoms with van der Waals surface area (Å²) < 4.78 is 39.6. The number of carbonyl (C=O) groups is 2. The molecule has 0 aromatic heterocycles. The normalized spacial score (nSPS) is 17.5. The van der Waals surface area contributed by atoms with Crippen molar-refractivity contribution in [1.82, 2.24) is 9.80 Å². The molecule has 1 atom stereocenters. The van der Waals surface area contributed by atoms with Crippen LogP contribution in [-0.4, -0.2) is 60.6 Å². The van der Waals surface area contributed by atoms with Crippen LogP contribution in [-0.2, 0) is 16.1 Å². The van der Waals surface area contributed by atoms with Gasteiger partial charge in [-0.1, -0.05) is 42.5 Å². The average molecular weight is 495 g/mol. The van der Waals surface area contributed by atoms with Crippen LogP contribution in [0.1, 0.15) is 22.3 Å². The third-order valence-corrected chi connectivity index (χ3v) is 6.12. The summed E-state index contributed by atoms with van der Waals surface area (Å²) >= 11 is 0. The van der Waals surface area contributed by atoms with Crippen molar-refractivity contribution >= 4 is 11.8 Å². The van der Waals surface area contributed by atoms with Gasteiger partial charge in [0.1, 0.15) is 29.6 Å². The van der Waals surface area contributed by atoms with Crippen LogP contribution in [0.25, 0.3) is 0 Å². The number of nitrogens with zero attached hydrogens (tertiary/aromatic N) is 2. The highest BCUT2D eigenvalue weighted by Crippen LogP contribution is 2.27. The molecular formula is C28H28F2N2O4. The summed E-state index contributed by atoms with van der Waals surface area (Å²) in [6, 6.07) is 20.9. The Bertz CT molecular complexity index is 1190. The number of halogens is 2. The first-order chi connectivity index (χ1) is 17.3. The van der Waals surface area contributed by atoms with Crippen molar-refractivity contribution in [2.75, 3.05) is 33.4 Å². The molecule has 6 nitrogen and oxygen atoms in total. The summed E-state index contributed by atoms with van der Waals surface area (Å²) in [7, 11) is 1.70. The van der Waals surface area contributed by atoms with Crippen molar-refractivity contribution in [3.05, 3.63) is 102 Å². The molecule has 8 heteroatoms. The Balaban J connectivity index is 1.53. The predicted molar refractivity (Wildman–Crippen MR) is 130 cm³/mol. The van der Waals surface area contributed by atoms with Crippen molar-refractivity contribution in [1.29, 1.82) is 0 Å². The zero-order valence-electron chi connectivity index (χ0n) is 20.0. The minimum Gasteiger partial charge on any atom is -0.490 e. The van der Waals surface area contributed by atoms with E-state index in [0.29, 0.717) is 12.3 Å². The van der Waals surface area contributed by atoms with E-state index in [2.05, 4.69) is 0 Å². The van der Waals surface area contributed by atoms with E-state index in [0.717, 1.165) is 5.56 Å². The highest BCUT2D eigenvalue weighted by Gasteiger charge is 2.42. The van der Waals surface area contributed by atoms with E-state index in [4.69, 9.17) is 9.47 Å². The number of rotatable bonds is 8. The fraction of sp³-hybridized carbons (Fsp3) is 0.286. The van der Waals surface area contributed by atoms with Gasteiger partial charge in [0.05, 0.1) is 25.1 Å². The van der Waals surface area contributed by atoms with Crippen molar-refractivity contribution in [2.45, 2.75) is 18.6 Å². The first-order valence-electron chi connectivity index (χ1n) is 11.7. The number of carbonyl (C=O) groups excluding carboxylic acids is 2. The lowest BCUT2D eigenvalue weighted by molar-refractivity contribution is -0.152. The molecule has 1 unspecified atom stereocenters. The largest absolute Gasteiger partial charge is 0.490 e. The Morgan fingerprint density at radius 3 is 2.42 bits per heavy atom. The molecule has 0 spiro atoms. The number of hydrogen-bond donors (Lipinski definition) is 0. The monoisotopic (exact) mass is 494 g/mol. The third kappa shape index (κ3) is 6.26. The second-order valence-corrected chi connectivity index (χ2v) is 8.89. The summed E-state index contributed by atoms with van der Waals surface area (Å²) in [5.74, 6) is -1.28. The van der Waals surface area contributed by atoms with Crippen LogP contribution < -0.4 is 4.74 Å². The summed E-state index contributed by atoms with van der Waals surface area (Å²) in [6.07, 6.45) is -0.0570. The second kappa shape index (κ2) is 11.3. The summed E-state index contributed by atoms with van der Waals surface area (Å²) in [4.78, 5) is 29.5. The number of amides is 2. The van der Waals surface area contributed by atoms with Gasteiger partial charge in [0, 0.05) is 20.1 Å². The van der Waals surface area contributed by atoms with Gasteiger partial charge >= 0.3 is 0 Å². The third-order valence-electron chi connectivity index (χ3n) is 6.12. The predicted octanol–water partition coefficient (Wildman–Crippen LogP) is 4.30. The molecule has 1 aliphatic rings. The van der Waals surface area contributed by atoms with Crippen molar-refractivity contribution < 1.29 is 27.8 Å². The van der Waals surface area contributed by atoms with E-state index in [1.807, 2.05) is 30.3 Å². The van der Waals surface area contributed by atoms with E-state index in [1.165, 1.54) is 47.4 Å². The van der Waals surface area contributed by atoms with Crippen LogP contribution in [0.4, 0.5) is 8.78 Å². The van der Waals surface area contributed by atoms with Gasteiger partial charge in [0.25, 0.3) is 5.91 Å². The highest BCUT2D eigenvalue weighted by molar-refractivity contribution is 5.94. The fourth-order valence-electron chi connectivity index (χ4n) is 4.17. The van der Waals surface area contributed by atoms with Gasteiger partial charge in [-0.2, -0.15) is 0 Å². The lowest BCUT2D eigenvalue weighted by Crippen LogP contribution is -2.58. The van der Waals surface area contributed by atoms with Gasteiger partial charge in [0.15, 0.2) is 0 Å². The molecule has 0 radical (unpaired) electrons. The van der Waals surface area contributed by atoms with Crippen LogP contribution >= 0.6 is 0 Å². The maximum absolute atomic E-state index is 14.3. The quantitative estimate of drug-likeness (QED) is 0.469. The van der Waals surface area contributed by atoms with Crippen LogP contribution in [0.2, 0.25) is 0 Å². The zero-order valence-corrected chi connectivity index (χ0v) is 20.0. The smallest absolute Gasteiger partial charge is 0.257 e. The molecular weight excluding hydrogens is 466 g/mol. The SMILES string of the molecule is CN(Cc1ccccc1)C(=O)CC1(COc2ccc(F)cc2)CN(C(=O)c2ccccc2F)CCO1. The topological polar surface area (TPSA) is 59.1 Å². The molecule has 0 bridgehead atoms. The maximum atomic E-state index is 14.3. The first-order valence-corrected chi connectivity index (χ1v) is 11.7. The van der Waals surface area contributed by atoms with Gasteiger partial charge < -0.3 is 19.3 Å². The molecule has 1 saturated heterocycles. The average Bonchev–Trinajstić information content (AvgIpc) is 2.89. The molecule has 36 heavy (non-hydrogen) atoms. The zero-order chi connectivity index (χ0) is 25.5. The fourth-order valence-corrected chi connectivity index (χ4v) is 4.17. The Labute approximate surface area is 209 Å². The number of benzene rings is 3. The molecule has 0 N–H and O–H groups in total. The minimum atomic E-state index is -1.17. The molecule has 3 aromatic rings. The summed E-state index contributed by atoms with van der Waals surface area (Å²) in [5.41, 5.74) is -0.235. The first kappa shape index (κ1) is 25.3. The van der Waals surface area contributed by atoms with Crippen LogP contribution in [0.15, 0.2) is 78.9 Å². The van der Waals surface area contributed by atoms with E-state index in [-0.39, 0.29) is 44.2 Å². The lowest BCUT2D eigenvalue weighted by atomic mass is 9.96. The lowest BCUT2D eigenvalue weighted by Gasteiger charge is -2.42. The molecule has 0 aliphatic carbocycles. The number of ether oxygens (including phenoxy) is 2. The van der Waals surface area contributed by atoms with Crippen LogP contribution in [0.5, 0.6) is 5.75 Å². The van der Waals surface area contributed by atoms with Crippen molar-refractivity contribution in [3.8, 4) is 5.75 Å². The van der Waals surface area contributed by atoms with E-state index in [1.54, 1.807) is 18.0 Å². The standard InChI is InChI=1S/C28H28F2N2O4/c1-31(18-21-7-3-2-4-8-21)26(33)17-28(20-35-23-13-11-22(29)12-14-23)19-32(15-16-36-28)27(34)24-9-5-6-10-25(24)30/h2-14H,15-20H2,1H3. The van der Waals surface area contributed by atoms with E-state index < -0.39 is 23.1 Å². The Morgan fingerprint density at radius 2 is 1.69 bits per heavy atom. The molecule has 4 rings (SSSR count). The maximum Gasteiger partial charge on any atom is 0.257 e. The highest BCUT2D eigenvalue weighted by atomic mass is 19.1. The molecule has 2 amide bonds. The van der Waals surface area contributed by atoms with Gasteiger partial charge in [-0.15, -0.1) is 0 Å². The Kier molecular flexibility index (Phi) is 7.95. The van der Waals surface area contributed by atoms with Crippen molar-refractivity contribution in [3.63, 3.8) is 0 Å². The second-order valence-electron chi connectivity index (χ2n) is 8.89. The summed E-state index contributed by atoms with van der Waals surface area (Å²) in [6.45, 7) is 0.797. The molecule has 1 heterocycles. The molecule has 1 fully saturated rings. The number of morpholine rings is 1. The van der Waals surface area contributed by atoms with Gasteiger partial charge in [-0.3, -0.25) is 9.59 Å². The van der Waals surface area contributed by atoms with Crippen molar-refractivity contribution in [2.24, 2.45) is 0 Å². The van der Waals surface area contributed by atoms with Crippen LogP contribution in [0.3, 0.4) is 0 Å². The molecule has 1 aliphatic heterocycles. The molecule has 3 aromatic carbocycles. The van der Waals surface area contributed by atoms with Gasteiger partial charge in [-0.25, -0.2) is 8.78 Å². The van der Waals surface area contributed by atoms with Gasteiger partial charge in [0.2, 0.25) is 5.91 Å². The minimum absolute atomic E-state index is 0.0340. The molecule has 188 valence electrons.